The average Bonchev–Trinajstić information content (AvgIpc) is 2.77. The monoisotopic (exact) mass is 280 g/mol. The molecule has 1 aromatic heterocycles. The van der Waals surface area contributed by atoms with E-state index < -0.39 is 9.84 Å². The normalized spacial score (nSPS) is 11.7. The number of nitrogens with one attached hydrogen (secondary N) is 1. The van der Waals surface area contributed by atoms with Crippen molar-refractivity contribution >= 4 is 9.84 Å². The molecule has 0 atom stereocenters. The van der Waals surface area contributed by atoms with E-state index in [1.165, 1.54) is 6.26 Å². The summed E-state index contributed by atoms with van der Waals surface area (Å²) in [4.78, 5) is 4.62. The summed E-state index contributed by atoms with van der Waals surface area (Å²) in [5, 5.41) is 6.90. The summed E-state index contributed by atoms with van der Waals surface area (Å²) in [5.74, 6) is 1.45. The van der Waals surface area contributed by atoms with Gasteiger partial charge in [-0.15, -0.1) is 0 Å². The van der Waals surface area contributed by atoms with Gasteiger partial charge in [-0.1, -0.05) is 12.1 Å². The van der Waals surface area contributed by atoms with E-state index in [4.69, 9.17) is 5.73 Å². The zero-order valence-electron chi connectivity index (χ0n) is 10.6. The molecular weight excluding hydrogens is 264 g/mol. The lowest BCUT2D eigenvalue weighted by molar-refractivity contribution is 0.602. The highest BCUT2D eigenvalue weighted by molar-refractivity contribution is 7.90. The quantitative estimate of drug-likeness (QED) is 0.820. The summed E-state index contributed by atoms with van der Waals surface area (Å²) < 4.78 is 22.7. The fourth-order valence-corrected chi connectivity index (χ4v) is 2.33. The first-order chi connectivity index (χ1) is 8.99. The van der Waals surface area contributed by atoms with E-state index in [9.17, 15) is 8.42 Å². The minimum absolute atomic E-state index is 0.317. The number of H-pyrrole nitrogens is 1. The van der Waals surface area contributed by atoms with Crippen molar-refractivity contribution in [2.24, 2.45) is 5.73 Å². The molecular formula is C12H16N4O2S. The van der Waals surface area contributed by atoms with Crippen molar-refractivity contribution in [2.75, 3.05) is 12.8 Å². The van der Waals surface area contributed by atoms with Crippen LogP contribution in [-0.2, 0) is 22.7 Å². The van der Waals surface area contributed by atoms with Crippen LogP contribution in [0, 0.1) is 0 Å². The van der Waals surface area contributed by atoms with Crippen LogP contribution in [0.1, 0.15) is 17.2 Å². The maximum atomic E-state index is 11.3. The first-order valence-electron chi connectivity index (χ1n) is 5.88. The lowest BCUT2D eigenvalue weighted by Gasteiger charge is -2.00. The van der Waals surface area contributed by atoms with Gasteiger partial charge in [0.25, 0.3) is 0 Å². The molecule has 0 amide bonds. The second-order valence-electron chi connectivity index (χ2n) is 4.33. The molecule has 2 aromatic rings. The Kier molecular flexibility index (Phi) is 3.96. The van der Waals surface area contributed by atoms with E-state index in [-0.39, 0.29) is 0 Å². The largest absolute Gasteiger partial charge is 0.330 e. The van der Waals surface area contributed by atoms with Crippen molar-refractivity contribution in [2.45, 2.75) is 17.7 Å². The molecule has 3 N–H and O–H groups in total. The lowest BCUT2D eigenvalue weighted by Crippen LogP contribution is -2.04. The summed E-state index contributed by atoms with van der Waals surface area (Å²) in [7, 11) is -3.15. The van der Waals surface area contributed by atoms with E-state index in [1.54, 1.807) is 24.3 Å². The summed E-state index contributed by atoms with van der Waals surface area (Å²) in [6.07, 6.45) is 2.42. The number of hydrogen-bond donors (Lipinski definition) is 2. The van der Waals surface area contributed by atoms with Gasteiger partial charge in [0.15, 0.2) is 15.7 Å². The molecule has 1 heterocycles. The number of nitrogens with two attached hydrogens (primary N) is 1. The Balaban J connectivity index is 2.10. The van der Waals surface area contributed by atoms with Crippen molar-refractivity contribution in [1.29, 1.82) is 0 Å². The molecule has 19 heavy (non-hydrogen) atoms. The fraction of sp³-hybridized carbons (Fsp3) is 0.333. The third-order valence-corrected chi connectivity index (χ3v) is 3.80. The van der Waals surface area contributed by atoms with Crippen LogP contribution in [0.15, 0.2) is 29.2 Å². The molecule has 2 rings (SSSR count). The van der Waals surface area contributed by atoms with Crippen LogP contribution in [0.4, 0.5) is 0 Å². The van der Waals surface area contributed by atoms with Crippen molar-refractivity contribution in [3.05, 3.63) is 41.5 Å². The predicted octanol–water partition coefficient (Wildman–Crippen LogP) is 0.300. The molecule has 0 aliphatic heterocycles. The van der Waals surface area contributed by atoms with Crippen molar-refractivity contribution < 1.29 is 8.42 Å². The molecule has 0 spiro atoms. The highest BCUT2D eigenvalue weighted by atomic mass is 32.2. The summed E-state index contributed by atoms with van der Waals surface area (Å²) in [5.41, 5.74) is 6.40. The highest BCUT2D eigenvalue weighted by Gasteiger charge is 2.07. The number of sulfone groups is 1. The first-order valence-corrected chi connectivity index (χ1v) is 7.77. The van der Waals surface area contributed by atoms with E-state index in [2.05, 4.69) is 15.2 Å². The third-order valence-electron chi connectivity index (χ3n) is 2.67. The average molecular weight is 280 g/mol. The van der Waals surface area contributed by atoms with E-state index in [0.717, 1.165) is 11.4 Å². The Morgan fingerprint density at radius 3 is 2.53 bits per heavy atom. The molecule has 0 saturated heterocycles. The highest BCUT2D eigenvalue weighted by Crippen LogP contribution is 2.12. The molecule has 0 bridgehead atoms. The van der Waals surface area contributed by atoms with Crippen molar-refractivity contribution in [3.8, 4) is 0 Å². The van der Waals surface area contributed by atoms with E-state index >= 15 is 0 Å². The zero-order chi connectivity index (χ0) is 13.9. The number of aromatic amines is 1. The lowest BCUT2D eigenvalue weighted by atomic mass is 10.1. The van der Waals surface area contributed by atoms with Crippen LogP contribution in [0.5, 0.6) is 0 Å². The molecule has 0 saturated carbocycles. The van der Waals surface area contributed by atoms with Crippen LogP contribution in [-0.4, -0.2) is 36.4 Å². The van der Waals surface area contributed by atoms with Gasteiger partial charge in [0.1, 0.15) is 5.82 Å². The molecule has 0 aliphatic carbocycles. The SMILES string of the molecule is CS(=O)(=O)c1ccc(Cc2nc(CCN)n[nH]2)cc1. The van der Waals surface area contributed by atoms with Gasteiger partial charge >= 0.3 is 0 Å². The topological polar surface area (TPSA) is 102 Å². The van der Waals surface area contributed by atoms with Crippen molar-refractivity contribution in [1.82, 2.24) is 15.2 Å². The number of rotatable bonds is 5. The maximum absolute atomic E-state index is 11.3. The Hall–Kier alpha value is -1.73. The maximum Gasteiger partial charge on any atom is 0.175 e. The van der Waals surface area contributed by atoms with Crippen LogP contribution < -0.4 is 5.73 Å². The minimum Gasteiger partial charge on any atom is -0.330 e. The van der Waals surface area contributed by atoms with Gasteiger partial charge in [0.2, 0.25) is 0 Å². The Labute approximate surface area is 112 Å². The molecule has 1 aromatic carbocycles. The Morgan fingerprint density at radius 2 is 1.95 bits per heavy atom. The Morgan fingerprint density at radius 1 is 1.26 bits per heavy atom. The van der Waals surface area contributed by atoms with Gasteiger partial charge in [-0.05, 0) is 24.2 Å². The smallest absolute Gasteiger partial charge is 0.175 e. The van der Waals surface area contributed by atoms with Gasteiger partial charge < -0.3 is 5.73 Å². The fourth-order valence-electron chi connectivity index (χ4n) is 1.70. The van der Waals surface area contributed by atoms with Gasteiger partial charge in [0.05, 0.1) is 4.90 Å². The molecule has 0 unspecified atom stereocenters. The number of aromatic nitrogens is 3. The third kappa shape index (κ3) is 3.62. The summed E-state index contributed by atoms with van der Waals surface area (Å²) in [6.45, 7) is 0.514. The molecule has 7 heteroatoms. The van der Waals surface area contributed by atoms with E-state index in [0.29, 0.717) is 30.1 Å². The van der Waals surface area contributed by atoms with Crippen LogP contribution >= 0.6 is 0 Å². The van der Waals surface area contributed by atoms with Gasteiger partial charge in [-0.25, -0.2) is 13.4 Å². The summed E-state index contributed by atoms with van der Waals surface area (Å²) >= 11 is 0. The zero-order valence-corrected chi connectivity index (χ0v) is 11.4. The number of benzene rings is 1. The van der Waals surface area contributed by atoms with Gasteiger partial charge in [-0.3, -0.25) is 5.10 Å². The van der Waals surface area contributed by atoms with Crippen LogP contribution in [0.2, 0.25) is 0 Å². The summed E-state index contributed by atoms with van der Waals surface area (Å²) in [6, 6.07) is 6.76. The van der Waals surface area contributed by atoms with E-state index in [1.807, 2.05) is 0 Å². The first kappa shape index (κ1) is 13.7. The molecule has 102 valence electrons. The minimum atomic E-state index is -3.15. The van der Waals surface area contributed by atoms with Gasteiger partial charge in [0, 0.05) is 19.1 Å². The van der Waals surface area contributed by atoms with Crippen molar-refractivity contribution in [3.63, 3.8) is 0 Å². The van der Waals surface area contributed by atoms with Crippen LogP contribution in [0.25, 0.3) is 0 Å². The molecule has 0 fully saturated rings. The molecule has 0 aliphatic rings. The standard InChI is InChI=1S/C12H16N4O2S/c1-19(17,18)10-4-2-9(3-5-10)8-12-14-11(6-7-13)15-16-12/h2-5H,6-8,13H2,1H3,(H,14,15,16). The second kappa shape index (κ2) is 5.50. The Bertz CT molecular complexity index is 647. The van der Waals surface area contributed by atoms with Crippen LogP contribution in [0.3, 0.4) is 0 Å². The number of hydrogen-bond acceptors (Lipinski definition) is 5. The predicted molar refractivity (Wildman–Crippen MR) is 71.5 cm³/mol. The van der Waals surface area contributed by atoms with Gasteiger partial charge in [-0.2, -0.15) is 5.10 Å². The number of nitrogens with zero attached hydrogens (tertiary/aromatic N) is 2. The molecule has 0 radical (unpaired) electrons. The molecule has 6 nitrogen and oxygen atoms in total. The second-order valence-corrected chi connectivity index (χ2v) is 6.35.